The number of piperidine rings is 1. The summed E-state index contributed by atoms with van der Waals surface area (Å²) >= 11 is 0. The van der Waals surface area contributed by atoms with E-state index in [0.29, 0.717) is 18.2 Å². The maximum atomic E-state index is 12.1. The van der Waals surface area contributed by atoms with Crippen LogP contribution in [0.2, 0.25) is 0 Å². The summed E-state index contributed by atoms with van der Waals surface area (Å²) in [7, 11) is 0. The zero-order chi connectivity index (χ0) is 14.4. The van der Waals surface area contributed by atoms with Crippen LogP contribution in [0.1, 0.15) is 37.3 Å². The van der Waals surface area contributed by atoms with Gasteiger partial charge in [-0.15, -0.1) is 0 Å². The lowest BCUT2D eigenvalue weighted by atomic mass is 10.00. The van der Waals surface area contributed by atoms with E-state index < -0.39 is 0 Å². The monoisotopic (exact) mass is 274 g/mol. The summed E-state index contributed by atoms with van der Waals surface area (Å²) in [6, 6.07) is 8.48. The van der Waals surface area contributed by atoms with Gasteiger partial charge in [-0.05, 0) is 31.2 Å². The first-order valence-electron chi connectivity index (χ1n) is 7.69. The van der Waals surface area contributed by atoms with Crippen molar-refractivity contribution in [2.75, 3.05) is 19.6 Å². The molecule has 0 saturated carbocycles. The van der Waals surface area contributed by atoms with Crippen molar-refractivity contribution in [2.24, 2.45) is 5.92 Å². The van der Waals surface area contributed by atoms with Crippen molar-refractivity contribution in [3.05, 3.63) is 35.4 Å². The Bertz CT molecular complexity index is 444. The van der Waals surface area contributed by atoms with Crippen LogP contribution in [0, 0.1) is 12.8 Å². The van der Waals surface area contributed by atoms with Crippen LogP contribution in [0.25, 0.3) is 0 Å². The van der Waals surface area contributed by atoms with E-state index in [2.05, 4.69) is 43.4 Å². The van der Waals surface area contributed by atoms with Gasteiger partial charge in [0.2, 0.25) is 5.91 Å². The van der Waals surface area contributed by atoms with E-state index in [9.17, 15) is 4.79 Å². The molecule has 1 saturated heterocycles. The highest BCUT2D eigenvalue weighted by Gasteiger charge is 2.20. The Morgan fingerprint density at radius 3 is 3.05 bits per heavy atom. The molecule has 1 aliphatic rings. The van der Waals surface area contributed by atoms with Crippen LogP contribution >= 0.6 is 0 Å². The van der Waals surface area contributed by atoms with E-state index >= 15 is 0 Å². The minimum atomic E-state index is 0.299. The van der Waals surface area contributed by atoms with Crippen LogP contribution < -0.4 is 5.32 Å². The molecule has 0 spiro atoms. The van der Waals surface area contributed by atoms with Gasteiger partial charge in [0.1, 0.15) is 0 Å². The molecule has 1 heterocycles. The number of hydrogen-bond acceptors (Lipinski definition) is 2. The maximum absolute atomic E-state index is 12.1. The van der Waals surface area contributed by atoms with Gasteiger partial charge in [-0.3, -0.25) is 4.79 Å². The quantitative estimate of drug-likeness (QED) is 0.837. The Morgan fingerprint density at radius 2 is 2.30 bits per heavy atom. The van der Waals surface area contributed by atoms with Gasteiger partial charge in [0.05, 0.1) is 0 Å². The molecule has 2 rings (SSSR count). The summed E-state index contributed by atoms with van der Waals surface area (Å²) in [4.78, 5) is 14.1. The number of rotatable bonds is 5. The molecule has 1 aromatic carbocycles. The number of likely N-dealkylation sites (tertiary alicyclic amines) is 1. The largest absolute Gasteiger partial charge is 0.342 e. The zero-order valence-corrected chi connectivity index (χ0v) is 12.7. The van der Waals surface area contributed by atoms with Crippen molar-refractivity contribution < 1.29 is 4.79 Å². The van der Waals surface area contributed by atoms with Crippen LogP contribution in [-0.2, 0) is 11.3 Å². The number of benzene rings is 1. The molecule has 1 unspecified atom stereocenters. The number of carbonyl (C=O) groups excluding carboxylic acids is 1. The van der Waals surface area contributed by atoms with Gasteiger partial charge in [0.15, 0.2) is 0 Å². The second kappa shape index (κ2) is 7.44. The van der Waals surface area contributed by atoms with Crippen LogP contribution in [0.15, 0.2) is 24.3 Å². The SMILES string of the molecule is Cc1cccc(CNCCC(=O)N2CCCC(C)C2)c1. The van der Waals surface area contributed by atoms with E-state index in [1.807, 2.05) is 4.90 Å². The molecule has 0 aliphatic carbocycles. The number of hydrogen-bond donors (Lipinski definition) is 1. The number of nitrogens with one attached hydrogen (secondary N) is 1. The average molecular weight is 274 g/mol. The summed E-state index contributed by atoms with van der Waals surface area (Å²) < 4.78 is 0. The Hall–Kier alpha value is -1.35. The molecule has 1 aliphatic heterocycles. The predicted molar refractivity (Wildman–Crippen MR) is 82.5 cm³/mol. The Labute approximate surface area is 122 Å². The number of amides is 1. The first-order chi connectivity index (χ1) is 9.65. The summed E-state index contributed by atoms with van der Waals surface area (Å²) in [6.07, 6.45) is 3.03. The third-order valence-corrected chi connectivity index (χ3v) is 3.94. The fourth-order valence-corrected chi connectivity index (χ4v) is 2.82. The van der Waals surface area contributed by atoms with Crippen LogP contribution in [0.5, 0.6) is 0 Å². The maximum Gasteiger partial charge on any atom is 0.223 e. The van der Waals surface area contributed by atoms with Crippen molar-refractivity contribution in [3.8, 4) is 0 Å². The number of aryl methyl sites for hydroxylation is 1. The van der Waals surface area contributed by atoms with Crippen molar-refractivity contribution >= 4 is 5.91 Å². The van der Waals surface area contributed by atoms with Gasteiger partial charge in [-0.25, -0.2) is 0 Å². The Morgan fingerprint density at radius 1 is 1.45 bits per heavy atom. The van der Waals surface area contributed by atoms with Crippen LogP contribution in [-0.4, -0.2) is 30.4 Å². The molecule has 0 radical (unpaired) electrons. The van der Waals surface area contributed by atoms with Crippen molar-refractivity contribution in [1.29, 1.82) is 0 Å². The van der Waals surface area contributed by atoms with E-state index in [4.69, 9.17) is 0 Å². The molecular formula is C17H26N2O. The van der Waals surface area contributed by atoms with E-state index in [0.717, 1.165) is 32.6 Å². The molecule has 3 nitrogen and oxygen atoms in total. The third-order valence-electron chi connectivity index (χ3n) is 3.94. The highest BCUT2D eigenvalue weighted by molar-refractivity contribution is 5.76. The molecule has 1 atom stereocenters. The fraction of sp³-hybridized carbons (Fsp3) is 0.588. The normalized spacial score (nSPS) is 19.1. The molecule has 1 aromatic rings. The lowest BCUT2D eigenvalue weighted by Crippen LogP contribution is -2.40. The van der Waals surface area contributed by atoms with Crippen molar-refractivity contribution in [3.63, 3.8) is 0 Å². The standard InChI is InChI=1S/C17H26N2O/c1-14-5-3-7-16(11-14)12-18-9-8-17(20)19-10-4-6-15(2)13-19/h3,5,7,11,15,18H,4,6,8-10,12-13H2,1-2H3. The third kappa shape index (κ3) is 4.64. The lowest BCUT2D eigenvalue weighted by Gasteiger charge is -2.31. The summed E-state index contributed by atoms with van der Waals surface area (Å²) in [6.45, 7) is 7.82. The van der Waals surface area contributed by atoms with Crippen LogP contribution in [0.4, 0.5) is 0 Å². The Balaban J connectivity index is 1.66. The summed E-state index contributed by atoms with van der Waals surface area (Å²) in [5.41, 5.74) is 2.56. The van der Waals surface area contributed by atoms with Gasteiger partial charge >= 0.3 is 0 Å². The molecule has 1 fully saturated rings. The smallest absolute Gasteiger partial charge is 0.223 e. The summed E-state index contributed by atoms with van der Waals surface area (Å²) in [5, 5.41) is 3.36. The molecule has 3 heteroatoms. The topological polar surface area (TPSA) is 32.3 Å². The second-order valence-electron chi connectivity index (χ2n) is 6.00. The molecule has 0 bridgehead atoms. The highest BCUT2D eigenvalue weighted by atomic mass is 16.2. The van der Waals surface area contributed by atoms with Crippen molar-refractivity contribution in [1.82, 2.24) is 10.2 Å². The second-order valence-corrected chi connectivity index (χ2v) is 6.00. The average Bonchev–Trinajstić information content (AvgIpc) is 2.43. The molecule has 1 N–H and O–H groups in total. The van der Waals surface area contributed by atoms with Gasteiger partial charge in [0.25, 0.3) is 0 Å². The van der Waals surface area contributed by atoms with Gasteiger partial charge < -0.3 is 10.2 Å². The molecule has 110 valence electrons. The number of nitrogens with zero attached hydrogens (tertiary/aromatic N) is 1. The van der Waals surface area contributed by atoms with Crippen molar-refractivity contribution in [2.45, 2.75) is 39.7 Å². The van der Waals surface area contributed by atoms with Gasteiger partial charge in [0, 0.05) is 32.6 Å². The first-order valence-corrected chi connectivity index (χ1v) is 7.69. The minimum absolute atomic E-state index is 0.299. The number of carbonyl (C=O) groups is 1. The molecule has 1 amide bonds. The molecular weight excluding hydrogens is 248 g/mol. The molecule has 20 heavy (non-hydrogen) atoms. The Kier molecular flexibility index (Phi) is 5.60. The first kappa shape index (κ1) is 15.0. The van der Waals surface area contributed by atoms with E-state index in [1.165, 1.54) is 17.5 Å². The van der Waals surface area contributed by atoms with Crippen LogP contribution in [0.3, 0.4) is 0 Å². The van der Waals surface area contributed by atoms with E-state index in [-0.39, 0.29) is 0 Å². The van der Waals surface area contributed by atoms with E-state index in [1.54, 1.807) is 0 Å². The van der Waals surface area contributed by atoms with Gasteiger partial charge in [-0.1, -0.05) is 36.8 Å². The zero-order valence-electron chi connectivity index (χ0n) is 12.7. The molecule has 0 aromatic heterocycles. The summed E-state index contributed by atoms with van der Waals surface area (Å²) in [5.74, 6) is 0.959. The predicted octanol–water partition coefficient (Wildman–Crippen LogP) is 2.73. The lowest BCUT2D eigenvalue weighted by molar-refractivity contribution is -0.132. The fourth-order valence-electron chi connectivity index (χ4n) is 2.82. The minimum Gasteiger partial charge on any atom is -0.342 e. The highest BCUT2D eigenvalue weighted by Crippen LogP contribution is 2.15. The van der Waals surface area contributed by atoms with Gasteiger partial charge in [-0.2, -0.15) is 0 Å².